The summed E-state index contributed by atoms with van der Waals surface area (Å²) in [7, 11) is 1.78. The Hall–Kier alpha value is -1.22. The molecule has 0 radical (unpaired) electrons. The van der Waals surface area contributed by atoms with Crippen LogP contribution in [0.25, 0.3) is 0 Å². The first-order chi connectivity index (χ1) is 12.4. The van der Waals surface area contributed by atoms with E-state index >= 15 is 0 Å². The van der Waals surface area contributed by atoms with Crippen molar-refractivity contribution in [1.29, 1.82) is 0 Å². The molecular weight excluding hydrogens is 322 g/mol. The number of hydrogen-bond acceptors (Lipinski definition) is 3. The summed E-state index contributed by atoms with van der Waals surface area (Å²) in [4.78, 5) is 2.77. The van der Waals surface area contributed by atoms with Crippen molar-refractivity contribution >= 4 is 0 Å². The molecule has 2 heterocycles. The Morgan fingerprint density at radius 3 is 2.69 bits per heavy atom. The third-order valence-corrected chi connectivity index (χ3v) is 8.69. The van der Waals surface area contributed by atoms with Gasteiger partial charge in [0.2, 0.25) is 0 Å². The van der Waals surface area contributed by atoms with Gasteiger partial charge in [0.25, 0.3) is 0 Å². The number of nitrogens with zero attached hydrogens (tertiary/aromatic N) is 1. The highest BCUT2D eigenvalue weighted by Gasteiger charge is 2.73. The number of rotatable bonds is 3. The van der Waals surface area contributed by atoms with Crippen LogP contribution in [-0.2, 0) is 11.8 Å². The van der Waals surface area contributed by atoms with Gasteiger partial charge in [-0.15, -0.1) is 0 Å². The summed E-state index contributed by atoms with van der Waals surface area (Å²) >= 11 is 0. The predicted octanol–water partition coefficient (Wildman–Crippen LogP) is 4.56. The maximum Gasteiger partial charge on any atom is 0.165 e. The quantitative estimate of drug-likeness (QED) is 0.793. The molecule has 142 valence electrons. The molecule has 1 saturated carbocycles. The van der Waals surface area contributed by atoms with Crippen molar-refractivity contribution in [3.63, 3.8) is 0 Å². The van der Waals surface area contributed by atoms with Crippen LogP contribution in [0.1, 0.15) is 64.5 Å². The fraction of sp³-hybridized carbons (Fsp3) is 0.739. The monoisotopic (exact) mass is 355 g/mol. The third-order valence-electron chi connectivity index (χ3n) is 8.69. The molecule has 2 aliphatic heterocycles. The molecule has 1 saturated heterocycles. The van der Waals surface area contributed by atoms with E-state index in [9.17, 15) is 0 Å². The first-order valence-electron chi connectivity index (χ1n) is 10.6. The van der Waals surface area contributed by atoms with Crippen LogP contribution in [-0.4, -0.2) is 37.2 Å². The zero-order valence-electron chi connectivity index (χ0n) is 17.0. The number of hydrogen-bond donors (Lipinski definition) is 0. The molecule has 0 aromatic heterocycles. The Balaban J connectivity index is 1.84. The number of likely N-dealkylation sites (N-methyl/N-ethyl adjacent to an activating group) is 1. The molecule has 0 amide bonds. The van der Waals surface area contributed by atoms with Crippen LogP contribution in [0.3, 0.4) is 0 Å². The summed E-state index contributed by atoms with van der Waals surface area (Å²) in [6, 6.07) is 5.12. The largest absolute Gasteiger partial charge is 0.493 e. The minimum Gasteiger partial charge on any atom is -0.493 e. The van der Waals surface area contributed by atoms with Crippen molar-refractivity contribution in [3.05, 3.63) is 23.3 Å². The molecular formula is C23H33NO2. The Labute approximate surface area is 158 Å². The Morgan fingerprint density at radius 1 is 1.19 bits per heavy atom. The van der Waals surface area contributed by atoms with Crippen molar-refractivity contribution in [1.82, 2.24) is 4.90 Å². The second-order valence-corrected chi connectivity index (χ2v) is 9.70. The summed E-state index contributed by atoms with van der Waals surface area (Å²) in [6.45, 7) is 12.0. The molecule has 4 aliphatic rings. The average Bonchev–Trinajstić information content (AvgIpc) is 2.99. The van der Waals surface area contributed by atoms with E-state index in [1.807, 2.05) is 0 Å². The number of piperidine rings is 1. The maximum absolute atomic E-state index is 6.87. The van der Waals surface area contributed by atoms with Crippen molar-refractivity contribution in [2.24, 2.45) is 10.8 Å². The van der Waals surface area contributed by atoms with E-state index in [1.165, 1.54) is 49.8 Å². The standard InChI is InChI=1S/C23H33NO2/c1-6-22-11-10-21(3,4)20-23(22)12-13-24(7-2)17(22)14-15-8-9-16(25-5)19(26-20)18(15)23/h8-9,17,20H,6-7,10-14H2,1-5H3. The highest BCUT2D eigenvalue weighted by atomic mass is 16.5. The number of ether oxygens (including phenoxy) is 2. The number of likely N-dealkylation sites (tertiary alicyclic amines) is 1. The smallest absolute Gasteiger partial charge is 0.165 e. The van der Waals surface area contributed by atoms with Crippen LogP contribution in [0.15, 0.2) is 12.1 Å². The third kappa shape index (κ3) is 1.66. The Morgan fingerprint density at radius 2 is 2.00 bits per heavy atom. The van der Waals surface area contributed by atoms with Gasteiger partial charge in [0.05, 0.1) is 7.11 Å². The summed E-state index contributed by atoms with van der Waals surface area (Å²) in [5.74, 6) is 2.01. The Kier molecular flexibility index (Phi) is 3.37. The van der Waals surface area contributed by atoms with Crippen LogP contribution in [0.5, 0.6) is 11.5 Å². The summed E-state index contributed by atoms with van der Waals surface area (Å²) in [5, 5.41) is 0. The van der Waals surface area contributed by atoms with E-state index in [-0.39, 0.29) is 16.9 Å². The fourth-order valence-electron chi connectivity index (χ4n) is 7.56. The lowest BCUT2D eigenvalue weighted by molar-refractivity contribution is -0.163. The number of benzene rings is 1. The Bertz CT molecular complexity index is 757. The molecule has 2 aliphatic carbocycles. The molecule has 4 atom stereocenters. The molecule has 3 nitrogen and oxygen atoms in total. The average molecular weight is 356 g/mol. The second-order valence-electron chi connectivity index (χ2n) is 9.70. The topological polar surface area (TPSA) is 21.7 Å². The van der Waals surface area contributed by atoms with E-state index in [0.29, 0.717) is 11.5 Å². The van der Waals surface area contributed by atoms with Crippen LogP contribution in [0.2, 0.25) is 0 Å². The zero-order chi connectivity index (χ0) is 18.3. The van der Waals surface area contributed by atoms with E-state index in [2.05, 4.69) is 44.7 Å². The number of methoxy groups -OCH3 is 1. The summed E-state index contributed by atoms with van der Waals surface area (Å²) in [6.07, 6.45) is 6.51. The molecule has 3 heteroatoms. The van der Waals surface area contributed by atoms with Gasteiger partial charge in [0, 0.05) is 22.4 Å². The second kappa shape index (κ2) is 5.19. The summed E-state index contributed by atoms with van der Waals surface area (Å²) in [5.41, 5.74) is 3.76. The van der Waals surface area contributed by atoms with Crippen molar-refractivity contribution in [3.8, 4) is 11.5 Å². The lowest BCUT2D eigenvalue weighted by Crippen LogP contribution is -2.73. The van der Waals surface area contributed by atoms with Gasteiger partial charge in [0.1, 0.15) is 6.10 Å². The van der Waals surface area contributed by atoms with Crippen molar-refractivity contribution < 1.29 is 9.47 Å². The van der Waals surface area contributed by atoms with E-state index in [0.717, 1.165) is 18.0 Å². The highest BCUT2D eigenvalue weighted by molar-refractivity contribution is 5.62. The van der Waals surface area contributed by atoms with Gasteiger partial charge in [0.15, 0.2) is 11.5 Å². The maximum atomic E-state index is 6.87. The van der Waals surface area contributed by atoms with E-state index < -0.39 is 0 Å². The van der Waals surface area contributed by atoms with E-state index in [1.54, 1.807) is 7.11 Å². The summed E-state index contributed by atoms with van der Waals surface area (Å²) < 4.78 is 12.6. The molecule has 5 rings (SSSR count). The minimum atomic E-state index is 0.164. The molecule has 0 N–H and O–H groups in total. The predicted molar refractivity (Wildman–Crippen MR) is 104 cm³/mol. The van der Waals surface area contributed by atoms with Crippen LogP contribution in [0.4, 0.5) is 0 Å². The van der Waals surface area contributed by atoms with Gasteiger partial charge >= 0.3 is 0 Å². The molecule has 1 aromatic carbocycles. The molecule has 1 aromatic rings. The van der Waals surface area contributed by atoms with E-state index in [4.69, 9.17) is 9.47 Å². The molecule has 1 spiro atoms. The SMILES string of the molecule is CCN1CCC23c4c5ccc(OC)c4OC2C(C)(C)CCC3(CC)C1C5. The van der Waals surface area contributed by atoms with Gasteiger partial charge in [-0.3, -0.25) is 4.90 Å². The van der Waals surface area contributed by atoms with Gasteiger partial charge in [-0.05, 0) is 62.2 Å². The highest BCUT2D eigenvalue weighted by Crippen LogP contribution is 2.72. The lowest BCUT2D eigenvalue weighted by Gasteiger charge is -2.68. The molecule has 4 unspecified atom stereocenters. The molecule has 2 bridgehead atoms. The van der Waals surface area contributed by atoms with Crippen LogP contribution in [0, 0.1) is 10.8 Å². The lowest BCUT2D eigenvalue weighted by atomic mass is 9.39. The van der Waals surface area contributed by atoms with Crippen molar-refractivity contribution in [2.75, 3.05) is 20.2 Å². The van der Waals surface area contributed by atoms with Crippen LogP contribution < -0.4 is 9.47 Å². The first kappa shape index (κ1) is 16.9. The minimum absolute atomic E-state index is 0.164. The fourth-order valence-corrected chi connectivity index (χ4v) is 7.56. The van der Waals surface area contributed by atoms with Gasteiger partial charge < -0.3 is 9.47 Å². The van der Waals surface area contributed by atoms with Crippen LogP contribution >= 0.6 is 0 Å². The van der Waals surface area contributed by atoms with Gasteiger partial charge in [-0.2, -0.15) is 0 Å². The first-order valence-corrected chi connectivity index (χ1v) is 10.6. The van der Waals surface area contributed by atoms with Gasteiger partial charge in [-0.25, -0.2) is 0 Å². The molecule has 26 heavy (non-hydrogen) atoms. The molecule has 2 fully saturated rings. The zero-order valence-corrected chi connectivity index (χ0v) is 17.0. The van der Waals surface area contributed by atoms with Gasteiger partial charge in [-0.1, -0.05) is 33.8 Å². The normalized spacial score (nSPS) is 39.3. The van der Waals surface area contributed by atoms with Crippen molar-refractivity contribution in [2.45, 2.75) is 77.4 Å².